The van der Waals surface area contributed by atoms with E-state index in [0.717, 1.165) is 19.4 Å². The summed E-state index contributed by atoms with van der Waals surface area (Å²) in [7, 11) is 0. The van der Waals surface area contributed by atoms with Gasteiger partial charge in [0, 0.05) is 12.8 Å². The lowest BCUT2D eigenvalue weighted by molar-refractivity contribution is -0.123. The number of fused-ring (bicyclic) bond motifs is 1. The summed E-state index contributed by atoms with van der Waals surface area (Å²) in [6, 6.07) is 8.40. The van der Waals surface area contributed by atoms with Crippen LogP contribution in [0.5, 0.6) is 0 Å². The van der Waals surface area contributed by atoms with Gasteiger partial charge in [-0.05, 0) is 23.5 Å². The molecule has 1 aromatic carbocycles. The van der Waals surface area contributed by atoms with E-state index in [1.165, 1.54) is 43.2 Å². The molecule has 108 valence electrons. The third kappa shape index (κ3) is 3.29. The summed E-state index contributed by atoms with van der Waals surface area (Å²) in [6.07, 6.45) is 8.75. The van der Waals surface area contributed by atoms with Crippen molar-refractivity contribution in [3.05, 3.63) is 35.4 Å². The summed E-state index contributed by atoms with van der Waals surface area (Å²) in [4.78, 5) is 12.3. The number of hydrogen-bond acceptors (Lipinski definition) is 2. The number of Topliss-reactive ketones (excluding diaryl/α,β-unsaturated/α-hetero) is 1. The number of carbonyl (C=O) groups is 1. The topological polar surface area (TPSA) is 26.3 Å². The molecule has 1 fully saturated rings. The molecule has 0 amide bonds. The molecule has 1 unspecified atom stereocenters. The third-order valence-corrected chi connectivity index (χ3v) is 4.75. The van der Waals surface area contributed by atoms with Gasteiger partial charge in [0.1, 0.15) is 5.78 Å². The Morgan fingerprint density at radius 3 is 2.75 bits per heavy atom. The molecule has 1 aromatic rings. The first kappa shape index (κ1) is 13.8. The Morgan fingerprint density at radius 1 is 1.10 bits per heavy atom. The van der Waals surface area contributed by atoms with Crippen LogP contribution in [0.1, 0.15) is 62.2 Å². The van der Waals surface area contributed by atoms with E-state index in [4.69, 9.17) is 4.74 Å². The van der Waals surface area contributed by atoms with Gasteiger partial charge in [0.05, 0.1) is 12.7 Å². The predicted octanol–water partition coefficient (Wildman–Crippen LogP) is 4.23. The molecule has 20 heavy (non-hydrogen) atoms. The van der Waals surface area contributed by atoms with Crippen molar-refractivity contribution in [3.8, 4) is 0 Å². The van der Waals surface area contributed by atoms with Crippen LogP contribution in [-0.4, -0.2) is 12.4 Å². The van der Waals surface area contributed by atoms with Crippen LogP contribution in [-0.2, 0) is 16.0 Å². The van der Waals surface area contributed by atoms with Crippen molar-refractivity contribution in [1.82, 2.24) is 0 Å². The van der Waals surface area contributed by atoms with E-state index >= 15 is 0 Å². The fourth-order valence-corrected chi connectivity index (χ4v) is 3.65. The second kappa shape index (κ2) is 6.53. The first-order valence-corrected chi connectivity index (χ1v) is 8.04. The Balaban J connectivity index is 1.59. The van der Waals surface area contributed by atoms with Gasteiger partial charge in [-0.2, -0.15) is 0 Å². The lowest BCUT2D eigenvalue weighted by Gasteiger charge is -2.26. The molecule has 0 bridgehead atoms. The number of ether oxygens (including phenoxy) is 1. The Kier molecular flexibility index (Phi) is 4.51. The van der Waals surface area contributed by atoms with Crippen molar-refractivity contribution in [2.24, 2.45) is 5.92 Å². The zero-order chi connectivity index (χ0) is 13.8. The Morgan fingerprint density at radius 2 is 1.90 bits per heavy atom. The van der Waals surface area contributed by atoms with Gasteiger partial charge < -0.3 is 4.74 Å². The minimum Gasteiger partial charge on any atom is -0.373 e. The van der Waals surface area contributed by atoms with Gasteiger partial charge in [0.2, 0.25) is 0 Å². The van der Waals surface area contributed by atoms with Crippen LogP contribution in [0.15, 0.2) is 24.3 Å². The van der Waals surface area contributed by atoms with Crippen LogP contribution in [0, 0.1) is 5.92 Å². The molecular formula is C18H24O2. The summed E-state index contributed by atoms with van der Waals surface area (Å²) in [5.74, 6) is 1.02. The first-order valence-electron chi connectivity index (χ1n) is 8.04. The lowest BCUT2D eigenvalue weighted by Crippen LogP contribution is -2.20. The molecule has 1 saturated carbocycles. The van der Waals surface area contributed by atoms with Gasteiger partial charge in [0.25, 0.3) is 0 Å². The van der Waals surface area contributed by atoms with E-state index in [9.17, 15) is 4.79 Å². The average molecular weight is 272 g/mol. The number of carbonyl (C=O) groups excluding carboxylic acids is 1. The maximum absolute atomic E-state index is 12.3. The van der Waals surface area contributed by atoms with Gasteiger partial charge >= 0.3 is 0 Å². The highest BCUT2D eigenvalue weighted by Crippen LogP contribution is 2.32. The van der Waals surface area contributed by atoms with Crippen LogP contribution < -0.4 is 0 Å². The lowest BCUT2D eigenvalue weighted by atomic mass is 9.84. The molecule has 2 nitrogen and oxygen atoms in total. The fourth-order valence-electron chi connectivity index (χ4n) is 3.65. The van der Waals surface area contributed by atoms with Crippen LogP contribution in [0.2, 0.25) is 0 Å². The van der Waals surface area contributed by atoms with Crippen LogP contribution in [0.3, 0.4) is 0 Å². The molecule has 0 spiro atoms. The van der Waals surface area contributed by atoms with Crippen molar-refractivity contribution in [3.63, 3.8) is 0 Å². The third-order valence-electron chi connectivity index (χ3n) is 4.75. The SMILES string of the molecule is O=C(CC1CCCCC1)CC1OCCc2ccccc21. The monoisotopic (exact) mass is 272 g/mol. The quantitative estimate of drug-likeness (QED) is 0.820. The van der Waals surface area contributed by atoms with Crippen molar-refractivity contribution >= 4 is 5.78 Å². The van der Waals surface area contributed by atoms with Gasteiger partial charge in [-0.25, -0.2) is 0 Å². The Bertz CT molecular complexity index is 460. The van der Waals surface area contributed by atoms with Gasteiger partial charge in [-0.15, -0.1) is 0 Å². The summed E-state index contributed by atoms with van der Waals surface area (Å²) in [6.45, 7) is 0.748. The molecule has 0 saturated heterocycles. The van der Waals surface area contributed by atoms with Crippen LogP contribution in [0.4, 0.5) is 0 Å². The van der Waals surface area contributed by atoms with Crippen molar-refractivity contribution in [1.29, 1.82) is 0 Å². The highest BCUT2D eigenvalue weighted by atomic mass is 16.5. The summed E-state index contributed by atoms with van der Waals surface area (Å²) < 4.78 is 5.84. The van der Waals surface area contributed by atoms with Crippen molar-refractivity contribution in [2.45, 2.75) is 57.5 Å². The standard InChI is InChI=1S/C18H24O2/c19-16(12-14-6-2-1-3-7-14)13-18-17-9-5-4-8-15(17)10-11-20-18/h4-5,8-9,14,18H,1-3,6-7,10-13H2. The smallest absolute Gasteiger partial charge is 0.136 e. The van der Waals surface area contributed by atoms with E-state index in [2.05, 4.69) is 18.2 Å². The molecule has 1 aliphatic carbocycles. The highest BCUT2D eigenvalue weighted by molar-refractivity contribution is 5.79. The zero-order valence-corrected chi connectivity index (χ0v) is 12.1. The summed E-state index contributed by atoms with van der Waals surface area (Å²) >= 11 is 0. The molecule has 1 atom stereocenters. The first-order chi connectivity index (χ1) is 9.83. The molecule has 0 radical (unpaired) electrons. The molecule has 3 rings (SSSR count). The molecule has 2 heteroatoms. The highest BCUT2D eigenvalue weighted by Gasteiger charge is 2.24. The molecule has 0 aromatic heterocycles. The molecule has 2 aliphatic rings. The zero-order valence-electron chi connectivity index (χ0n) is 12.1. The van der Waals surface area contributed by atoms with E-state index in [-0.39, 0.29) is 6.10 Å². The van der Waals surface area contributed by atoms with Crippen molar-refractivity contribution in [2.75, 3.05) is 6.61 Å². The summed E-state index contributed by atoms with van der Waals surface area (Å²) in [5.41, 5.74) is 2.59. The minimum absolute atomic E-state index is 0.00367. The second-order valence-electron chi connectivity index (χ2n) is 6.26. The van der Waals surface area contributed by atoms with E-state index in [1.54, 1.807) is 0 Å². The minimum atomic E-state index is -0.00367. The van der Waals surface area contributed by atoms with Crippen molar-refractivity contribution < 1.29 is 9.53 Å². The predicted molar refractivity (Wildman–Crippen MR) is 79.7 cm³/mol. The number of benzene rings is 1. The molecular weight excluding hydrogens is 248 g/mol. The largest absolute Gasteiger partial charge is 0.373 e. The molecule has 1 aliphatic heterocycles. The van der Waals surface area contributed by atoms with Crippen LogP contribution in [0.25, 0.3) is 0 Å². The van der Waals surface area contributed by atoms with E-state index in [1.807, 2.05) is 6.07 Å². The maximum Gasteiger partial charge on any atom is 0.136 e. The van der Waals surface area contributed by atoms with E-state index < -0.39 is 0 Å². The number of hydrogen-bond donors (Lipinski definition) is 0. The van der Waals surface area contributed by atoms with Gasteiger partial charge in [-0.1, -0.05) is 56.4 Å². The summed E-state index contributed by atoms with van der Waals surface area (Å²) in [5, 5.41) is 0. The Labute approximate surface area is 121 Å². The van der Waals surface area contributed by atoms with Gasteiger partial charge in [-0.3, -0.25) is 4.79 Å². The van der Waals surface area contributed by atoms with Crippen LogP contribution >= 0.6 is 0 Å². The average Bonchev–Trinajstić information content (AvgIpc) is 2.48. The maximum atomic E-state index is 12.3. The number of rotatable bonds is 4. The number of ketones is 1. The normalized spacial score (nSPS) is 23.3. The Hall–Kier alpha value is -1.15. The second-order valence-corrected chi connectivity index (χ2v) is 6.26. The molecule has 0 N–H and O–H groups in total. The molecule has 1 heterocycles. The van der Waals surface area contributed by atoms with E-state index in [0.29, 0.717) is 18.1 Å². The fraction of sp³-hybridized carbons (Fsp3) is 0.611. The van der Waals surface area contributed by atoms with Gasteiger partial charge in [0.15, 0.2) is 0 Å².